The van der Waals surface area contributed by atoms with E-state index >= 15 is 0 Å². The molecule has 1 aromatic rings. The number of nitrogens with zero attached hydrogens (tertiary/aromatic N) is 1. The fraction of sp³-hybridized carbons (Fsp3) is 0.267. The van der Waals surface area contributed by atoms with Gasteiger partial charge in [-0.15, -0.1) is 0 Å². The molecule has 0 aliphatic carbocycles. The van der Waals surface area contributed by atoms with Gasteiger partial charge in [-0.25, -0.2) is 0 Å². The maximum atomic E-state index is 11.9. The number of hydrogen-bond donors (Lipinski definition) is 1. The van der Waals surface area contributed by atoms with Crippen molar-refractivity contribution in [3.63, 3.8) is 0 Å². The predicted molar refractivity (Wildman–Crippen MR) is 77.9 cm³/mol. The summed E-state index contributed by atoms with van der Waals surface area (Å²) >= 11 is 5.79. The first-order chi connectivity index (χ1) is 9.97. The van der Waals surface area contributed by atoms with Crippen LogP contribution in [0.3, 0.4) is 0 Å². The highest BCUT2D eigenvalue weighted by molar-refractivity contribution is 6.46. The summed E-state index contributed by atoms with van der Waals surface area (Å²) in [5.41, 5.74) is 1.21. The minimum Gasteiger partial charge on any atom is -0.481 e. The lowest BCUT2D eigenvalue weighted by Crippen LogP contribution is -2.28. The minimum atomic E-state index is -0.912. The molecule has 2 rings (SSSR count). The summed E-state index contributed by atoms with van der Waals surface area (Å²) in [6.07, 6.45) is 1.98. The van der Waals surface area contributed by atoms with Crippen LogP contribution in [-0.4, -0.2) is 40.8 Å². The zero-order valence-corrected chi connectivity index (χ0v) is 12.0. The van der Waals surface area contributed by atoms with E-state index in [1.807, 2.05) is 0 Å². The third-order valence-corrected chi connectivity index (χ3v) is 3.42. The molecular formula is C15H14ClNO4. The van der Waals surface area contributed by atoms with Gasteiger partial charge in [0.1, 0.15) is 0 Å². The lowest BCUT2D eigenvalue weighted by atomic mass is 10.1. The van der Waals surface area contributed by atoms with E-state index in [1.165, 1.54) is 4.90 Å². The average Bonchev–Trinajstić information content (AvgIpc) is 2.69. The fourth-order valence-electron chi connectivity index (χ4n) is 2.10. The normalized spacial score (nSPS) is 16.8. The van der Waals surface area contributed by atoms with Gasteiger partial charge in [-0.1, -0.05) is 23.7 Å². The maximum Gasteiger partial charge on any atom is 0.303 e. The van der Waals surface area contributed by atoms with E-state index in [0.717, 1.165) is 5.56 Å². The van der Waals surface area contributed by atoms with E-state index in [2.05, 4.69) is 0 Å². The number of rotatable bonds is 5. The van der Waals surface area contributed by atoms with E-state index in [4.69, 9.17) is 16.7 Å². The molecule has 1 N–H and O–H groups in total. The van der Waals surface area contributed by atoms with Gasteiger partial charge in [0.05, 0.1) is 6.54 Å². The van der Waals surface area contributed by atoms with Gasteiger partial charge in [0.2, 0.25) is 5.78 Å². The third kappa shape index (κ3) is 3.92. The van der Waals surface area contributed by atoms with Crippen molar-refractivity contribution in [3.8, 4) is 0 Å². The molecule has 1 amide bonds. The Kier molecular flexibility index (Phi) is 4.75. The highest BCUT2D eigenvalue weighted by Crippen LogP contribution is 2.19. The van der Waals surface area contributed by atoms with Crippen LogP contribution in [0.25, 0.3) is 6.08 Å². The number of benzene rings is 1. The Balaban J connectivity index is 2.05. The number of hydrogen-bond acceptors (Lipinski definition) is 3. The number of carbonyl (C=O) groups excluding carboxylic acids is 2. The first-order valence-corrected chi connectivity index (χ1v) is 6.86. The highest BCUT2D eigenvalue weighted by atomic mass is 35.5. The van der Waals surface area contributed by atoms with Crippen LogP contribution in [0, 0.1) is 0 Å². The number of likely N-dealkylation sites (tertiary alicyclic amines) is 1. The number of carbonyl (C=O) groups is 3. The monoisotopic (exact) mass is 307 g/mol. The zero-order chi connectivity index (χ0) is 15.4. The van der Waals surface area contributed by atoms with Crippen LogP contribution in [-0.2, 0) is 14.4 Å². The van der Waals surface area contributed by atoms with Crippen molar-refractivity contribution in [3.05, 3.63) is 40.4 Å². The SMILES string of the molecule is O=C(O)CCCN1C/C(=C/c2ccc(Cl)cc2)C(=O)C1=O. The summed E-state index contributed by atoms with van der Waals surface area (Å²) in [5.74, 6) is -2.01. The van der Waals surface area contributed by atoms with Crippen LogP contribution >= 0.6 is 11.6 Å². The summed E-state index contributed by atoms with van der Waals surface area (Å²) in [5, 5.41) is 9.18. The van der Waals surface area contributed by atoms with Gasteiger partial charge >= 0.3 is 5.97 Å². The topological polar surface area (TPSA) is 74.7 Å². The average molecular weight is 308 g/mol. The second kappa shape index (κ2) is 6.54. The first kappa shape index (κ1) is 15.3. The number of carboxylic acids is 1. The first-order valence-electron chi connectivity index (χ1n) is 6.49. The summed E-state index contributed by atoms with van der Waals surface area (Å²) in [7, 11) is 0. The molecule has 1 saturated heterocycles. The molecule has 0 radical (unpaired) electrons. The van der Waals surface area contributed by atoms with E-state index in [9.17, 15) is 14.4 Å². The molecule has 5 nitrogen and oxygen atoms in total. The number of aliphatic carboxylic acids is 1. The van der Waals surface area contributed by atoms with Crippen molar-refractivity contribution in [2.75, 3.05) is 13.1 Å². The summed E-state index contributed by atoms with van der Waals surface area (Å²) in [4.78, 5) is 35.5. The molecule has 6 heteroatoms. The molecule has 110 valence electrons. The lowest BCUT2D eigenvalue weighted by molar-refractivity contribution is -0.140. The quantitative estimate of drug-likeness (QED) is 0.667. The Bertz CT molecular complexity index is 607. The van der Waals surface area contributed by atoms with Gasteiger partial charge in [0, 0.05) is 23.6 Å². The predicted octanol–water partition coefficient (Wildman–Crippen LogP) is 2.00. The highest BCUT2D eigenvalue weighted by Gasteiger charge is 2.33. The molecule has 1 aliphatic heterocycles. The van der Waals surface area contributed by atoms with Crippen molar-refractivity contribution < 1.29 is 19.5 Å². The van der Waals surface area contributed by atoms with Crippen LogP contribution in [0.4, 0.5) is 0 Å². The fourth-order valence-corrected chi connectivity index (χ4v) is 2.23. The van der Waals surface area contributed by atoms with Crippen molar-refractivity contribution in [2.45, 2.75) is 12.8 Å². The standard InChI is InChI=1S/C15H14ClNO4/c16-12-5-3-10(4-6-12)8-11-9-17(15(21)14(11)20)7-1-2-13(18)19/h3-6,8H,1-2,7,9H2,(H,18,19)/b11-8-. The van der Waals surface area contributed by atoms with Crippen LogP contribution in [0.5, 0.6) is 0 Å². The van der Waals surface area contributed by atoms with Gasteiger partial charge in [-0.3, -0.25) is 14.4 Å². The molecule has 0 saturated carbocycles. The third-order valence-electron chi connectivity index (χ3n) is 3.16. The lowest BCUT2D eigenvalue weighted by Gasteiger charge is -2.12. The molecule has 1 heterocycles. The maximum absolute atomic E-state index is 11.9. The second-order valence-electron chi connectivity index (χ2n) is 4.77. The Morgan fingerprint density at radius 3 is 2.57 bits per heavy atom. The molecule has 21 heavy (non-hydrogen) atoms. The summed E-state index contributed by atoms with van der Waals surface area (Å²) < 4.78 is 0. The number of amides is 1. The molecule has 0 aromatic heterocycles. The Labute approximate surface area is 126 Å². The molecule has 1 aromatic carbocycles. The number of halogens is 1. The molecule has 0 bridgehead atoms. The van der Waals surface area contributed by atoms with Crippen LogP contribution < -0.4 is 0 Å². The number of Topliss-reactive ketones (excluding diaryl/α,β-unsaturated/α-hetero) is 1. The van der Waals surface area contributed by atoms with Crippen molar-refractivity contribution >= 4 is 35.3 Å². The summed E-state index contributed by atoms with van der Waals surface area (Å²) in [6, 6.07) is 6.94. The van der Waals surface area contributed by atoms with Gasteiger partial charge in [0.25, 0.3) is 5.91 Å². The second-order valence-corrected chi connectivity index (χ2v) is 5.21. The summed E-state index contributed by atoms with van der Waals surface area (Å²) in [6.45, 7) is 0.495. The Morgan fingerprint density at radius 2 is 1.95 bits per heavy atom. The van der Waals surface area contributed by atoms with Crippen molar-refractivity contribution in [1.82, 2.24) is 4.90 Å². The van der Waals surface area contributed by atoms with Crippen LogP contribution in [0.15, 0.2) is 29.8 Å². The zero-order valence-electron chi connectivity index (χ0n) is 11.2. The molecule has 0 spiro atoms. The van der Waals surface area contributed by atoms with E-state index < -0.39 is 17.7 Å². The van der Waals surface area contributed by atoms with Gasteiger partial charge in [0.15, 0.2) is 0 Å². The Hall–Kier alpha value is -2.14. The number of ketones is 1. The van der Waals surface area contributed by atoms with Crippen LogP contribution in [0.2, 0.25) is 5.02 Å². The molecule has 0 unspecified atom stereocenters. The molecular weight excluding hydrogens is 294 g/mol. The smallest absolute Gasteiger partial charge is 0.303 e. The minimum absolute atomic E-state index is 0.0196. The van der Waals surface area contributed by atoms with Crippen molar-refractivity contribution in [2.24, 2.45) is 0 Å². The Morgan fingerprint density at radius 1 is 1.29 bits per heavy atom. The van der Waals surface area contributed by atoms with E-state index in [0.29, 0.717) is 17.0 Å². The van der Waals surface area contributed by atoms with E-state index in [1.54, 1.807) is 30.3 Å². The largest absolute Gasteiger partial charge is 0.481 e. The van der Waals surface area contributed by atoms with Gasteiger partial charge in [-0.05, 0) is 30.2 Å². The number of carboxylic acid groups (broad SMARTS) is 1. The molecule has 1 fully saturated rings. The molecule has 1 aliphatic rings. The van der Waals surface area contributed by atoms with Crippen LogP contribution in [0.1, 0.15) is 18.4 Å². The molecule has 0 atom stereocenters. The van der Waals surface area contributed by atoms with Gasteiger partial charge in [-0.2, -0.15) is 0 Å². The van der Waals surface area contributed by atoms with E-state index in [-0.39, 0.29) is 19.5 Å². The van der Waals surface area contributed by atoms with Crippen molar-refractivity contribution in [1.29, 1.82) is 0 Å². The van der Waals surface area contributed by atoms with Gasteiger partial charge < -0.3 is 10.0 Å².